The first-order chi connectivity index (χ1) is 11.9. The van der Waals surface area contributed by atoms with Crippen LogP contribution in [0.5, 0.6) is 0 Å². The van der Waals surface area contributed by atoms with Crippen LogP contribution in [0.25, 0.3) is 0 Å². The number of oxazole rings is 1. The Labute approximate surface area is 150 Å². The van der Waals surface area contributed by atoms with Gasteiger partial charge in [0.2, 0.25) is 11.8 Å². The third kappa shape index (κ3) is 5.87. The average molecular weight is 349 g/mol. The summed E-state index contributed by atoms with van der Waals surface area (Å²) in [4.78, 5) is 30.9. The normalized spacial score (nSPS) is 15.1. The van der Waals surface area contributed by atoms with Crippen LogP contribution in [0.3, 0.4) is 0 Å². The molecule has 1 aliphatic carbocycles. The first-order valence-electron chi connectivity index (χ1n) is 9.38. The molecule has 140 valence electrons. The molecule has 6 nitrogen and oxygen atoms in total. The lowest BCUT2D eigenvalue weighted by Gasteiger charge is -2.26. The number of hydrogen-bond acceptors (Lipinski definition) is 4. The zero-order valence-corrected chi connectivity index (χ0v) is 15.9. The van der Waals surface area contributed by atoms with Crippen molar-refractivity contribution in [3.8, 4) is 0 Å². The van der Waals surface area contributed by atoms with E-state index in [0.717, 1.165) is 25.7 Å². The third-order valence-electron chi connectivity index (χ3n) is 4.38. The van der Waals surface area contributed by atoms with Crippen molar-refractivity contribution in [1.82, 2.24) is 15.2 Å². The van der Waals surface area contributed by atoms with Gasteiger partial charge in [-0.3, -0.25) is 9.59 Å². The Morgan fingerprint density at radius 1 is 1.24 bits per heavy atom. The topological polar surface area (TPSA) is 75.4 Å². The molecule has 1 fully saturated rings. The van der Waals surface area contributed by atoms with Gasteiger partial charge in [-0.2, -0.15) is 0 Å². The molecule has 0 radical (unpaired) electrons. The van der Waals surface area contributed by atoms with Crippen LogP contribution >= 0.6 is 0 Å². The Hall–Kier alpha value is -1.85. The molecule has 1 aromatic heterocycles. The number of carbonyl (C=O) groups is 2. The fourth-order valence-corrected chi connectivity index (χ4v) is 3.14. The lowest BCUT2D eigenvalue weighted by atomic mass is 10.1. The van der Waals surface area contributed by atoms with E-state index in [9.17, 15) is 9.59 Å². The largest absolute Gasteiger partial charge is 0.446 e. The van der Waals surface area contributed by atoms with Crippen LogP contribution in [0.1, 0.15) is 69.8 Å². The molecule has 0 unspecified atom stereocenters. The van der Waals surface area contributed by atoms with Gasteiger partial charge in [-0.15, -0.1) is 0 Å². The Morgan fingerprint density at radius 2 is 1.92 bits per heavy atom. The van der Waals surface area contributed by atoms with E-state index in [0.29, 0.717) is 37.4 Å². The van der Waals surface area contributed by atoms with Crippen molar-refractivity contribution in [2.45, 2.75) is 59.9 Å². The van der Waals surface area contributed by atoms with E-state index in [1.807, 2.05) is 18.7 Å². The van der Waals surface area contributed by atoms with Gasteiger partial charge in [-0.25, -0.2) is 4.98 Å². The highest BCUT2D eigenvalue weighted by Gasteiger charge is 2.28. The van der Waals surface area contributed by atoms with Crippen LogP contribution in [0.4, 0.5) is 0 Å². The Balaban J connectivity index is 2.00. The number of hydrogen-bond donors (Lipinski definition) is 1. The smallest absolute Gasteiger partial charge is 0.273 e. The summed E-state index contributed by atoms with van der Waals surface area (Å²) in [6.45, 7) is 9.85. The molecular weight excluding hydrogens is 318 g/mol. The zero-order chi connectivity index (χ0) is 18.4. The summed E-state index contributed by atoms with van der Waals surface area (Å²) in [7, 11) is 0. The molecule has 25 heavy (non-hydrogen) atoms. The van der Waals surface area contributed by atoms with Gasteiger partial charge in [0.25, 0.3) is 5.91 Å². The van der Waals surface area contributed by atoms with Crippen LogP contribution in [0, 0.1) is 17.8 Å². The van der Waals surface area contributed by atoms with E-state index in [-0.39, 0.29) is 23.4 Å². The molecule has 0 bridgehead atoms. The number of nitrogens with one attached hydrogen (secondary N) is 1. The van der Waals surface area contributed by atoms with E-state index in [1.54, 1.807) is 0 Å². The predicted octanol–water partition coefficient (Wildman–Crippen LogP) is 3.24. The van der Waals surface area contributed by atoms with Crippen molar-refractivity contribution in [3.05, 3.63) is 17.8 Å². The summed E-state index contributed by atoms with van der Waals surface area (Å²) in [6.07, 6.45) is 5.58. The SMILES string of the molecule is CC(C)CNC(=O)c1coc(CN(CC(C)C)C(=O)C2CCCC2)n1. The second-order valence-corrected chi connectivity index (χ2v) is 7.82. The highest BCUT2D eigenvalue weighted by molar-refractivity contribution is 5.91. The summed E-state index contributed by atoms with van der Waals surface area (Å²) in [6, 6.07) is 0. The predicted molar refractivity (Wildman–Crippen MR) is 95.9 cm³/mol. The maximum atomic E-state index is 12.8. The molecule has 1 aromatic rings. The van der Waals surface area contributed by atoms with Crippen molar-refractivity contribution in [2.75, 3.05) is 13.1 Å². The summed E-state index contributed by atoms with van der Waals surface area (Å²) < 4.78 is 5.45. The van der Waals surface area contributed by atoms with Gasteiger partial charge in [0.15, 0.2) is 5.69 Å². The fourth-order valence-electron chi connectivity index (χ4n) is 3.14. The lowest BCUT2D eigenvalue weighted by molar-refractivity contribution is -0.136. The van der Waals surface area contributed by atoms with Gasteiger partial charge in [-0.1, -0.05) is 40.5 Å². The second-order valence-electron chi connectivity index (χ2n) is 7.82. The number of aromatic nitrogens is 1. The molecule has 0 spiro atoms. The standard InChI is InChI=1S/C19H31N3O3/c1-13(2)9-20-18(23)16-12-25-17(21-16)11-22(10-14(3)4)19(24)15-7-5-6-8-15/h12-15H,5-11H2,1-4H3,(H,20,23). The lowest BCUT2D eigenvalue weighted by Crippen LogP contribution is -2.37. The minimum atomic E-state index is -0.235. The van der Waals surface area contributed by atoms with Crippen LogP contribution in [0.15, 0.2) is 10.7 Å². The minimum absolute atomic E-state index is 0.127. The molecule has 1 heterocycles. The molecule has 1 N–H and O–H groups in total. The van der Waals surface area contributed by atoms with Crippen LogP contribution in [0.2, 0.25) is 0 Å². The molecule has 1 saturated carbocycles. The summed E-state index contributed by atoms with van der Waals surface area (Å²) in [5.74, 6) is 1.25. The quantitative estimate of drug-likeness (QED) is 0.782. The van der Waals surface area contributed by atoms with Crippen LogP contribution in [-0.2, 0) is 11.3 Å². The zero-order valence-electron chi connectivity index (χ0n) is 15.9. The van der Waals surface area contributed by atoms with E-state index in [1.165, 1.54) is 6.26 Å². The van der Waals surface area contributed by atoms with Crippen molar-refractivity contribution in [2.24, 2.45) is 17.8 Å². The Kier molecular flexibility index (Phi) is 7.02. The number of rotatable bonds is 8. The fraction of sp³-hybridized carbons (Fsp3) is 0.737. The van der Waals surface area contributed by atoms with E-state index < -0.39 is 0 Å². The first kappa shape index (κ1) is 19.5. The van der Waals surface area contributed by atoms with Crippen molar-refractivity contribution < 1.29 is 14.0 Å². The van der Waals surface area contributed by atoms with Gasteiger partial charge in [0, 0.05) is 19.0 Å². The Bertz CT molecular complexity index is 574. The molecular formula is C19H31N3O3. The summed E-state index contributed by atoms with van der Waals surface area (Å²) >= 11 is 0. The maximum absolute atomic E-state index is 12.8. The Morgan fingerprint density at radius 3 is 2.52 bits per heavy atom. The number of nitrogens with zero attached hydrogens (tertiary/aromatic N) is 2. The maximum Gasteiger partial charge on any atom is 0.273 e. The van der Waals surface area contributed by atoms with Gasteiger partial charge in [0.1, 0.15) is 6.26 Å². The first-order valence-corrected chi connectivity index (χ1v) is 9.38. The van der Waals surface area contributed by atoms with Crippen molar-refractivity contribution >= 4 is 11.8 Å². The van der Waals surface area contributed by atoms with E-state index >= 15 is 0 Å². The summed E-state index contributed by atoms with van der Waals surface area (Å²) in [5.41, 5.74) is 0.272. The number of carbonyl (C=O) groups excluding carboxylic acids is 2. The highest BCUT2D eigenvalue weighted by atomic mass is 16.3. The van der Waals surface area contributed by atoms with Gasteiger partial charge in [-0.05, 0) is 24.7 Å². The number of amides is 2. The molecule has 2 rings (SSSR count). The van der Waals surface area contributed by atoms with Crippen molar-refractivity contribution in [3.63, 3.8) is 0 Å². The molecule has 2 amide bonds. The molecule has 0 saturated heterocycles. The molecule has 6 heteroatoms. The van der Waals surface area contributed by atoms with Gasteiger partial charge >= 0.3 is 0 Å². The van der Waals surface area contributed by atoms with E-state index in [4.69, 9.17) is 4.42 Å². The summed E-state index contributed by atoms with van der Waals surface area (Å²) in [5, 5.41) is 2.82. The van der Waals surface area contributed by atoms with E-state index in [2.05, 4.69) is 24.1 Å². The van der Waals surface area contributed by atoms with Crippen LogP contribution < -0.4 is 5.32 Å². The average Bonchev–Trinajstić information content (AvgIpc) is 3.22. The van der Waals surface area contributed by atoms with Crippen molar-refractivity contribution in [1.29, 1.82) is 0 Å². The minimum Gasteiger partial charge on any atom is -0.446 e. The molecule has 0 aromatic carbocycles. The van der Waals surface area contributed by atoms with Crippen LogP contribution in [-0.4, -0.2) is 34.8 Å². The highest BCUT2D eigenvalue weighted by Crippen LogP contribution is 2.27. The monoisotopic (exact) mass is 349 g/mol. The second kappa shape index (κ2) is 9.02. The third-order valence-corrected chi connectivity index (χ3v) is 4.38. The van der Waals surface area contributed by atoms with Gasteiger partial charge in [0.05, 0.1) is 6.54 Å². The molecule has 1 aliphatic rings. The van der Waals surface area contributed by atoms with Gasteiger partial charge < -0.3 is 14.6 Å². The molecule has 0 atom stereocenters. The molecule has 0 aliphatic heterocycles.